The van der Waals surface area contributed by atoms with Crippen molar-refractivity contribution in [3.05, 3.63) is 65.4 Å². The Balaban J connectivity index is 0.00000131. The molecule has 2 N–H and O–H groups in total. The van der Waals surface area contributed by atoms with Gasteiger partial charge in [0.25, 0.3) is 0 Å². The summed E-state index contributed by atoms with van der Waals surface area (Å²) >= 11 is 0. The van der Waals surface area contributed by atoms with Crippen LogP contribution in [0.1, 0.15) is 35.8 Å². The van der Waals surface area contributed by atoms with Gasteiger partial charge >= 0.3 is 0 Å². The zero-order valence-electron chi connectivity index (χ0n) is 15.4. The van der Waals surface area contributed by atoms with E-state index in [2.05, 4.69) is 17.0 Å². The van der Waals surface area contributed by atoms with E-state index in [1.54, 1.807) is 7.11 Å². The highest BCUT2D eigenvalue weighted by atomic mass is 35.5. The number of para-hydroxylation sites is 1. The van der Waals surface area contributed by atoms with Gasteiger partial charge in [0.1, 0.15) is 17.1 Å². The first-order chi connectivity index (χ1) is 12.2. The number of hydrogen-bond acceptors (Lipinski definition) is 4. The largest absolute Gasteiger partial charge is 0.496 e. The van der Waals surface area contributed by atoms with Crippen molar-refractivity contribution in [2.45, 2.75) is 25.4 Å². The van der Waals surface area contributed by atoms with Crippen LogP contribution in [0.4, 0.5) is 0 Å². The second kappa shape index (κ2) is 9.47. The predicted octanol–water partition coefficient (Wildman–Crippen LogP) is 4.93. The number of furan rings is 1. The zero-order valence-corrected chi connectivity index (χ0v) is 17.0. The van der Waals surface area contributed by atoms with Crippen molar-refractivity contribution >= 4 is 35.8 Å². The third kappa shape index (κ3) is 4.58. The third-order valence-electron chi connectivity index (χ3n) is 4.99. The van der Waals surface area contributed by atoms with E-state index in [-0.39, 0.29) is 30.9 Å². The summed E-state index contributed by atoms with van der Waals surface area (Å²) in [4.78, 5) is 2.48. The monoisotopic (exact) mass is 408 g/mol. The average molecular weight is 409 g/mol. The fourth-order valence-corrected chi connectivity index (χ4v) is 3.63. The van der Waals surface area contributed by atoms with Crippen molar-refractivity contribution in [3.8, 4) is 5.75 Å². The van der Waals surface area contributed by atoms with Crippen LogP contribution >= 0.6 is 24.8 Å². The molecule has 4 nitrogen and oxygen atoms in total. The number of rotatable bonds is 5. The second-order valence-corrected chi connectivity index (χ2v) is 6.72. The number of nitrogens with zero attached hydrogens (tertiary/aromatic N) is 1. The highest BCUT2D eigenvalue weighted by Gasteiger charge is 2.20. The van der Waals surface area contributed by atoms with Crippen LogP contribution in [0.5, 0.6) is 5.75 Å². The number of benzene rings is 2. The zero-order chi connectivity index (χ0) is 17.2. The maximum Gasteiger partial charge on any atom is 0.134 e. The van der Waals surface area contributed by atoms with Gasteiger partial charge in [-0.2, -0.15) is 0 Å². The van der Waals surface area contributed by atoms with Crippen LogP contribution in [0.3, 0.4) is 0 Å². The van der Waals surface area contributed by atoms with Crippen LogP contribution in [0.25, 0.3) is 11.0 Å². The first-order valence-electron chi connectivity index (χ1n) is 8.88. The van der Waals surface area contributed by atoms with E-state index in [4.69, 9.17) is 14.9 Å². The van der Waals surface area contributed by atoms with Crippen LogP contribution in [-0.4, -0.2) is 25.1 Å². The Morgan fingerprint density at radius 1 is 1.07 bits per heavy atom. The van der Waals surface area contributed by atoms with E-state index in [9.17, 15) is 0 Å². The van der Waals surface area contributed by atoms with Crippen molar-refractivity contribution in [1.82, 2.24) is 4.90 Å². The molecule has 0 amide bonds. The summed E-state index contributed by atoms with van der Waals surface area (Å²) in [6, 6.07) is 16.0. The van der Waals surface area contributed by atoms with Crippen molar-refractivity contribution in [2.75, 3.05) is 20.2 Å². The lowest BCUT2D eigenvalue weighted by atomic mass is 10.0. The molecule has 2 heterocycles. The van der Waals surface area contributed by atoms with Crippen molar-refractivity contribution in [2.24, 2.45) is 5.73 Å². The summed E-state index contributed by atoms with van der Waals surface area (Å²) in [5, 5.41) is 1.07. The van der Waals surface area contributed by atoms with E-state index >= 15 is 0 Å². The molecule has 0 spiro atoms. The molecule has 0 saturated carbocycles. The van der Waals surface area contributed by atoms with Gasteiger partial charge in [-0.15, -0.1) is 24.8 Å². The molecule has 146 valence electrons. The summed E-state index contributed by atoms with van der Waals surface area (Å²) in [7, 11) is 1.68. The Labute approximate surface area is 172 Å². The molecule has 1 aromatic heterocycles. The van der Waals surface area contributed by atoms with E-state index in [0.717, 1.165) is 34.6 Å². The lowest BCUT2D eigenvalue weighted by Gasteiger charge is -2.18. The lowest BCUT2D eigenvalue weighted by molar-refractivity contribution is 0.330. The molecule has 0 bridgehead atoms. The Morgan fingerprint density at radius 3 is 2.52 bits per heavy atom. The standard InChI is InChI=1S/C21H24N2O2.2ClH/c1-24-19-9-8-15(14-23-10-4-5-11-23)12-17(19)21(22)20-13-16-6-2-3-7-18(16)25-20;;/h2-3,6-9,12-13,21H,4-5,10-11,14,22H2,1H3;2*1H. The number of fused-ring (bicyclic) bond motifs is 1. The van der Waals surface area contributed by atoms with Gasteiger partial charge in [0.05, 0.1) is 13.2 Å². The predicted molar refractivity (Wildman–Crippen MR) is 114 cm³/mol. The van der Waals surface area contributed by atoms with Gasteiger partial charge in [0, 0.05) is 17.5 Å². The topological polar surface area (TPSA) is 51.6 Å². The average Bonchev–Trinajstić information content (AvgIpc) is 3.30. The maximum absolute atomic E-state index is 6.55. The number of ether oxygens (including phenoxy) is 1. The number of hydrogen-bond donors (Lipinski definition) is 1. The van der Waals surface area contributed by atoms with Crippen LogP contribution in [0.15, 0.2) is 52.9 Å². The van der Waals surface area contributed by atoms with E-state index < -0.39 is 0 Å². The van der Waals surface area contributed by atoms with Crippen LogP contribution in [0.2, 0.25) is 0 Å². The van der Waals surface area contributed by atoms with Gasteiger partial charge in [-0.05, 0) is 55.8 Å². The minimum Gasteiger partial charge on any atom is -0.496 e. The molecule has 0 radical (unpaired) electrons. The SMILES string of the molecule is COc1ccc(CN2CCCC2)cc1C(N)c1cc2ccccc2o1.Cl.Cl. The summed E-state index contributed by atoms with van der Waals surface area (Å²) in [5.74, 6) is 1.57. The van der Waals surface area contributed by atoms with Crippen molar-refractivity contribution < 1.29 is 9.15 Å². The first kappa shape index (κ1) is 21.6. The quantitative estimate of drug-likeness (QED) is 0.649. The van der Waals surface area contributed by atoms with E-state index in [0.29, 0.717) is 0 Å². The van der Waals surface area contributed by atoms with Gasteiger partial charge in [0.2, 0.25) is 0 Å². The molecule has 3 aromatic rings. The molecule has 6 heteroatoms. The van der Waals surface area contributed by atoms with Crippen LogP contribution in [0, 0.1) is 0 Å². The molecule has 1 aliphatic heterocycles. The summed E-state index contributed by atoms with van der Waals surface area (Å²) in [6.45, 7) is 3.32. The molecular formula is C21H26Cl2N2O2. The van der Waals surface area contributed by atoms with Crippen LogP contribution < -0.4 is 10.5 Å². The van der Waals surface area contributed by atoms with Crippen molar-refractivity contribution in [1.29, 1.82) is 0 Å². The Hall–Kier alpha value is -1.72. The molecule has 1 saturated heterocycles. The second-order valence-electron chi connectivity index (χ2n) is 6.72. The molecule has 27 heavy (non-hydrogen) atoms. The van der Waals surface area contributed by atoms with E-state index in [1.807, 2.05) is 36.4 Å². The molecule has 1 unspecified atom stereocenters. The highest BCUT2D eigenvalue weighted by Crippen LogP contribution is 2.32. The molecule has 1 fully saturated rings. The summed E-state index contributed by atoms with van der Waals surface area (Å²) in [5.41, 5.74) is 9.65. The minimum atomic E-state index is -0.346. The Kier molecular flexibility index (Phi) is 7.57. The minimum absolute atomic E-state index is 0. The molecule has 2 aromatic carbocycles. The number of nitrogens with two attached hydrogens (primary N) is 1. The molecular weight excluding hydrogens is 383 g/mol. The molecule has 1 aliphatic rings. The Bertz CT molecular complexity index is 842. The van der Waals surface area contributed by atoms with E-state index in [1.165, 1.54) is 31.5 Å². The molecule has 0 aliphatic carbocycles. The van der Waals surface area contributed by atoms with Gasteiger partial charge in [-0.1, -0.05) is 24.3 Å². The summed E-state index contributed by atoms with van der Waals surface area (Å²) in [6.07, 6.45) is 2.59. The third-order valence-corrected chi connectivity index (χ3v) is 4.99. The number of likely N-dealkylation sites (tertiary alicyclic amines) is 1. The van der Waals surface area contributed by atoms with Gasteiger partial charge < -0.3 is 14.9 Å². The number of halogens is 2. The Morgan fingerprint density at radius 2 is 1.81 bits per heavy atom. The van der Waals surface area contributed by atoms with Gasteiger partial charge in [-0.3, -0.25) is 4.90 Å². The van der Waals surface area contributed by atoms with Crippen molar-refractivity contribution in [3.63, 3.8) is 0 Å². The summed E-state index contributed by atoms with van der Waals surface area (Å²) < 4.78 is 11.5. The number of methoxy groups -OCH3 is 1. The normalized spacial score (nSPS) is 15.2. The fourth-order valence-electron chi connectivity index (χ4n) is 3.63. The lowest BCUT2D eigenvalue weighted by Crippen LogP contribution is -2.19. The first-order valence-corrected chi connectivity index (χ1v) is 8.88. The van der Waals surface area contributed by atoms with Gasteiger partial charge in [-0.25, -0.2) is 0 Å². The molecule has 4 rings (SSSR count). The maximum atomic E-state index is 6.55. The van der Waals surface area contributed by atoms with Gasteiger partial charge in [0.15, 0.2) is 0 Å². The smallest absolute Gasteiger partial charge is 0.134 e. The molecule has 1 atom stereocenters. The highest BCUT2D eigenvalue weighted by molar-refractivity contribution is 5.85. The van der Waals surface area contributed by atoms with Crippen LogP contribution in [-0.2, 0) is 6.54 Å². The fraction of sp³-hybridized carbons (Fsp3) is 0.333.